The van der Waals surface area contributed by atoms with Gasteiger partial charge in [-0.1, -0.05) is 103 Å². The van der Waals surface area contributed by atoms with Crippen molar-refractivity contribution >= 4 is 55.9 Å². The first kappa shape index (κ1) is 29.5. The Morgan fingerprint density at radius 2 is 0.792 bits per heavy atom. The summed E-state index contributed by atoms with van der Waals surface area (Å²) in [5.41, 5.74) is 11.6. The van der Waals surface area contributed by atoms with Crippen LogP contribution in [0.4, 0.5) is 34.1 Å². The van der Waals surface area contributed by atoms with Crippen LogP contribution in [-0.2, 0) is 0 Å². The Kier molecular flexibility index (Phi) is 6.48. The molecule has 0 fully saturated rings. The number of para-hydroxylation sites is 11. The largest absolute Gasteiger partial charge is 0.453 e. The van der Waals surface area contributed by atoms with Crippen molar-refractivity contribution in [1.82, 2.24) is 4.57 Å². The summed E-state index contributed by atoms with van der Waals surface area (Å²) in [4.78, 5) is 4.65. The molecule has 3 heterocycles. The fraction of sp³-hybridized carbons (Fsp3) is 0. The van der Waals surface area contributed by atoms with Gasteiger partial charge < -0.3 is 23.8 Å². The molecular weight excluding hydrogens is 651 g/mol. The number of rotatable bonds is 4. The minimum atomic E-state index is 0.812. The van der Waals surface area contributed by atoms with Crippen molar-refractivity contribution < 1.29 is 9.47 Å². The number of hydrogen-bond acceptors (Lipinski definition) is 4. The Morgan fingerprint density at radius 3 is 1.34 bits per heavy atom. The van der Waals surface area contributed by atoms with E-state index in [1.165, 1.54) is 16.3 Å². The smallest absolute Gasteiger partial charge is 0.151 e. The summed E-state index contributed by atoms with van der Waals surface area (Å²) in [6.07, 6.45) is 0. The monoisotopic (exact) mass is 681 g/mol. The van der Waals surface area contributed by atoms with E-state index in [1.807, 2.05) is 48.5 Å². The highest BCUT2D eigenvalue weighted by Crippen LogP contribution is 2.55. The lowest BCUT2D eigenvalue weighted by molar-refractivity contribution is 0.477. The second-order valence-corrected chi connectivity index (χ2v) is 13.4. The van der Waals surface area contributed by atoms with E-state index in [-0.39, 0.29) is 0 Å². The van der Waals surface area contributed by atoms with Gasteiger partial charge in [-0.15, -0.1) is 0 Å². The van der Waals surface area contributed by atoms with Gasteiger partial charge in [-0.05, 0) is 90.5 Å². The van der Waals surface area contributed by atoms with Crippen LogP contribution in [0.5, 0.6) is 23.0 Å². The van der Waals surface area contributed by atoms with Crippen LogP contribution in [0.15, 0.2) is 188 Å². The molecule has 0 N–H and O–H groups in total. The lowest BCUT2D eigenvalue weighted by Gasteiger charge is -2.36. The Bertz CT molecular complexity index is 2670. The second-order valence-electron chi connectivity index (χ2n) is 13.4. The molecule has 2 aliphatic heterocycles. The molecule has 0 saturated heterocycles. The average Bonchev–Trinajstić information content (AvgIpc) is 3.56. The molecule has 250 valence electrons. The maximum absolute atomic E-state index is 6.47. The summed E-state index contributed by atoms with van der Waals surface area (Å²) in [5, 5.41) is 2.43. The maximum Gasteiger partial charge on any atom is 0.151 e. The van der Waals surface area contributed by atoms with Crippen LogP contribution in [0.1, 0.15) is 0 Å². The van der Waals surface area contributed by atoms with Gasteiger partial charge in [0.1, 0.15) is 0 Å². The molecule has 0 amide bonds. The van der Waals surface area contributed by atoms with Crippen LogP contribution in [-0.4, -0.2) is 4.57 Å². The first-order valence-electron chi connectivity index (χ1n) is 17.9. The maximum atomic E-state index is 6.47. The van der Waals surface area contributed by atoms with Gasteiger partial charge >= 0.3 is 0 Å². The molecule has 0 bridgehead atoms. The van der Waals surface area contributed by atoms with Crippen LogP contribution in [0.3, 0.4) is 0 Å². The van der Waals surface area contributed by atoms with E-state index < -0.39 is 0 Å². The first-order chi connectivity index (χ1) is 26.3. The Hall–Kier alpha value is -7.24. The molecule has 11 rings (SSSR count). The van der Waals surface area contributed by atoms with Crippen LogP contribution < -0.4 is 19.3 Å². The zero-order chi connectivity index (χ0) is 34.9. The van der Waals surface area contributed by atoms with Crippen molar-refractivity contribution in [2.45, 2.75) is 0 Å². The van der Waals surface area contributed by atoms with E-state index in [0.29, 0.717) is 0 Å². The third kappa shape index (κ3) is 4.57. The van der Waals surface area contributed by atoms with Gasteiger partial charge in [0.05, 0.1) is 33.8 Å². The van der Waals surface area contributed by atoms with E-state index in [9.17, 15) is 0 Å². The van der Waals surface area contributed by atoms with Gasteiger partial charge in [0.25, 0.3) is 0 Å². The molecule has 0 spiro atoms. The number of hydrogen-bond donors (Lipinski definition) is 0. The van der Waals surface area contributed by atoms with E-state index >= 15 is 0 Å². The molecule has 53 heavy (non-hydrogen) atoms. The molecular formula is C48H31N3O2. The van der Waals surface area contributed by atoms with E-state index in [4.69, 9.17) is 9.47 Å². The first-order valence-corrected chi connectivity index (χ1v) is 17.9. The van der Waals surface area contributed by atoms with Gasteiger partial charge in [0, 0.05) is 33.4 Å². The van der Waals surface area contributed by atoms with Crippen molar-refractivity contribution in [3.63, 3.8) is 0 Å². The average molecular weight is 682 g/mol. The number of aromatic nitrogens is 1. The molecule has 9 aromatic rings. The van der Waals surface area contributed by atoms with E-state index in [1.54, 1.807) is 0 Å². The molecule has 8 aromatic carbocycles. The van der Waals surface area contributed by atoms with Crippen molar-refractivity contribution in [1.29, 1.82) is 0 Å². The predicted octanol–water partition coefficient (Wildman–Crippen LogP) is 13.6. The second kappa shape index (κ2) is 11.7. The standard InChI is InChI=1S/C48H31N3O2/c1-2-15-33(16-3-1)51-39-20-5-4-17-37(39)38-19-14-18-36(48(38)51)32-29-34(49-40-21-6-10-25-44(40)52-45-26-11-7-22-41(45)49)31-35(30-32)50-42-23-8-12-27-46(42)53-47-28-13-9-24-43(47)50/h1-31H. The fourth-order valence-corrected chi connectivity index (χ4v) is 8.07. The summed E-state index contributed by atoms with van der Waals surface area (Å²) in [5.74, 6) is 3.25. The zero-order valence-electron chi connectivity index (χ0n) is 28.6. The topological polar surface area (TPSA) is 29.9 Å². The molecule has 5 heteroatoms. The fourth-order valence-electron chi connectivity index (χ4n) is 8.07. The molecule has 2 aliphatic rings. The molecule has 0 atom stereocenters. The van der Waals surface area contributed by atoms with Crippen LogP contribution >= 0.6 is 0 Å². The number of fused-ring (bicyclic) bond motifs is 7. The lowest BCUT2D eigenvalue weighted by atomic mass is 9.98. The van der Waals surface area contributed by atoms with Gasteiger partial charge in [0.2, 0.25) is 0 Å². The Balaban J connectivity index is 1.24. The normalized spacial score (nSPS) is 12.8. The Morgan fingerprint density at radius 1 is 0.340 bits per heavy atom. The van der Waals surface area contributed by atoms with Gasteiger partial charge in [-0.2, -0.15) is 0 Å². The van der Waals surface area contributed by atoms with E-state index in [0.717, 1.165) is 79.5 Å². The summed E-state index contributed by atoms with van der Waals surface area (Å²) in [7, 11) is 0. The summed E-state index contributed by atoms with van der Waals surface area (Å²) in [6, 6.07) is 66.0. The molecule has 5 nitrogen and oxygen atoms in total. The van der Waals surface area contributed by atoms with Gasteiger partial charge in [-0.3, -0.25) is 0 Å². The third-order valence-corrected chi connectivity index (χ3v) is 10.3. The zero-order valence-corrected chi connectivity index (χ0v) is 28.6. The van der Waals surface area contributed by atoms with E-state index in [2.05, 4.69) is 154 Å². The highest BCUT2D eigenvalue weighted by atomic mass is 16.5. The molecule has 0 unspecified atom stereocenters. The summed E-state index contributed by atoms with van der Waals surface area (Å²) >= 11 is 0. The highest BCUT2D eigenvalue weighted by molar-refractivity contribution is 6.14. The van der Waals surface area contributed by atoms with Gasteiger partial charge in [-0.25, -0.2) is 0 Å². The minimum Gasteiger partial charge on any atom is -0.453 e. The number of anilines is 6. The third-order valence-electron chi connectivity index (χ3n) is 10.3. The number of benzene rings is 8. The minimum absolute atomic E-state index is 0.812. The van der Waals surface area contributed by atoms with Crippen LogP contribution in [0, 0.1) is 0 Å². The van der Waals surface area contributed by atoms with Crippen molar-refractivity contribution in [2.75, 3.05) is 9.80 Å². The van der Waals surface area contributed by atoms with Crippen molar-refractivity contribution in [3.05, 3.63) is 188 Å². The highest BCUT2D eigenvalue weighted by Gasteiger charge is 2.30. The SMILES string of the molecule is c1ccc(-n2c3ccccc3c3cccc(-c4cc(N5c6ccccc6Oc6ccccc65)cc(N5c6ccccc6Oc6ccccc65)c4)c32)cc1. The summed E-state index contributed by atoms with van der Waals surface area (Å²) < 4.78 is 15.3. The number of nitrogens with zero attached hydrogens (tertiary/aromatic N) is 3. The summed E-state index contributed by atoms with van der Waals surface area (Å²) in [6.45, 7) is 0. The molecule has 0 saturated carbocycles. The predicted molar refractivity (Wildman–Crippen MR) is 216 cm³/mol. The molecule has 1 aromatic heterocycles. The van der Waals surface area contributed by atoms with Gasteiger partial charge in [0.15, 0.2) is 23.0 Å². The molecule has 0 radical (unpaired) electrons. The Labute approximate surface area is 306 Å². The van der Waals surface area contributed by atoms with Crippen LogP contribution in [0.2, 0.25) is 0 Å². The van der Waals surface area contributed by atoms with Crippen molar-refractivity contribution in [2.24, 2.45) is 0 Å². The number of ether oxygens (including phenoxy) is 2. The van der Waals surface area contributed by atoms with Crippen LogP contribution in [0.25, 0.3) is 38.6 Å². The lowest BCUT2D eigenvalue weighted by Crippen LogP contribution is -2.18. The molecule has 0 aliphatic carbocycles. The van der Waals surface area contributed by atoms with Crippen molar-refractivity contribution in [3.8, 4) is 39.8 Å². The quantitative estimate of drug-likeness (QED) is 0.185.